The van der Waals surface area contributed by atoms with E-state index in [1.807, 2.05) is 12.3 Å². The molecule has 7 heteroatoms. The number of nitrogens with zero attached hydrogens (tertiary/aromatic N) is 2. The molecule has 3 heterocycles. The minimum absolute atomic E-state index is 0.361. The third kappa shape index (κ3) is 2.93. The van der Waals surface area contributed by atoms with Crippen molar-refractivity contribution in [2.24, 2.45) is 0 Å². The summed E-state index contributed by atoms with van der Waals surface area (Å²) in [6, 6.07) is 2.42. The fourth-order valence-corrected chi connectivity index (χ4v) is 4.40. The van der Waals surface area contributed by atoms with Gasteiger partial charge in [0, 0.05) is 34.9 Å². The first-order chi connectivity index (χ1) is 9.76. The van der Waals surface area contributed by atoms with Crippen molar-refractivity contribution >= 4 is 44.1 Å². The summed E-state index contributed by atoms with van der Waals surface area (Å²) in [5, 5.41) is 9.79. The molecule has 1 aliphatic rings. The van der Waals surface area contributed by atoms with Gasteiger partial charge in [0.2, 0.25) is 5.95 Å². The summed E-state index contributed by atoms with van der Waals surface area (Å²) in [5.74, 6) is 3.14. The smallest absolute Gasteiger partial charge is 0.226 e. The van der Waals surface area contributed by atoms with Gasteiger partial charge in [0.15, 0.2) is 0 Å². The van der Waals surface area contributed by atoms with Crippen LogP contribution in [0.15, 0.2) is 11.4 Å². The first-order valence-electron chi connectivity index (χ1n) is 6.87. The second kappa shape index (κ2) is 6.05. The Kier molecular flexibility index (Phi) is 4.16. The van der Waals surface area contributed by atoms with Crippen molar-refractivity contribution < 1.29 is 4.21 Å². The Hall–Kier alpha value is -1.21. The lowest BCUT2D eigenvalue weighted by Gasteiger charge is -2.23. The average Bonchev–Trinajstić information content (AvgIpc) is 2.90. The summed E-state index contributed by atoms with van der Waals surface area (Å²) in [6.45, 7) is 2.84. The van der Waals surface area contributed by atoms with Crippen LogP contribution in [0.1, 0.15) is 19.8 Å². The zero-order chi connectivity index (χ0) is 13.9. The van der Waals surface area contributed by atoms with E-state index < -0.39 is 10.8 Å². The molecular formula is C13H18N4OS2. The molecule has 5 nitrogen and oxygen atoms in total. The highest BCUT2D eigenvalue weighted by molar-refractivity contribution is 7.85. The van der Waals surface area contributed by atoms with Gasteiger partial charge in [-0.1, -0.05) is 0 Å². The van der Waals surface area contributed by atoms with Crippen LogP contribution in [0, 0.1) is 0 Å². The topological polar surface area (TPSA) is 66.9 Å². The van der Waals surface area contributed by atoms with Crippen LogP contribution < -0.4 is 10.6 Å². The second-order valence-corrected chi connectivity index (χ2v) is 7.42. The molecule has 0 unspecified atom stereocenters. The lowest BCUT2D eigenvalue weighted by Crippen LogP contribution is -2.29. The van der Waals surface area contributed by atoms with E-state index in [2.05, 4.69) is 26.7 Å². The predicted molar refractivity (Wildman–Crippen MR) is 86.1 cm³/mol. The Morgan fingerprint density at radius 2 is 2.20 bits per heavy atom. The maximum Gasteiger partial charge on any atom is 0.226 e. The molecule has 0 amide bonds. The van der Waals surface area contributed by atoms with Crippen LogP contribution in [0.25, 0.3) is 10.2 Å². The van der Waals surface area contributed by atoms with E-state index in [9.17, 15) is 4.21 Å². The summed E-state index contributed by atoms with van der Waals surface area (Å²) in [4.78, 5) is 10.1. The monoisotopic (exact) mass is 310 g/mol. The van der Waals surface area contributed by atoms with E-state index >= 15 is 0 Å². The Balaban J connectivity index is 1.85. The van der Waals surface area contributed by atoms with Gasteiger partial charge >= 0.3 is 0 Å². The van der Waals surface area contributed by atoms with Crippen molar-refractivity contribution in [3.05, 3.63) is 11.4 Å². The molecule has 20 heavy (non-hydrogen) atoms. The van der Waals surface area contributed by atoms with Crippen LogP contribution in [0.2, 0.25) is 0 Å². The maximum absolute atomic E-state index is 11.4. The zero-order valence-electron chi connectivity index (χ0n) is 11.4. The minimum atomic E-state index is -0.629. The number of fused-ring (bicyclic) bond motifs is 1. The number of nitrogens with one attached hydrogen (secondary N) is 2. The highest BCUT2D eigenvalue weighted by atomic mass is 32.2. The molecule has 0 aliphatic carbocycles. The van der Waals surface area contributed by atoms with Crippen LogP contribution in [0.3, 0.4) is 0 Å². The molecule has 0 aromatic carbocycles. The third-order valence-electron chi connectivity index (χ3n) is 3.39. The quantitative estimate of drug-likeness (QED) is 0.908. The van der Waals surface area contributed by atoms with Crippen LogP contribution in [-0.4, -0.2) is 38.3 Å². The summed E-state index contributed by atoms with van der Waals surface area (Å²) in [5.41, 5.74) is 0. The molecule has 0 spiro atoms. The van der Waals surface area contributed by atoms with E-state index in [4.69, 9.17) is 0 Å². The van der Waals surface area contributed by atoms with Gasteiger partial charge < -0.3 is 10.6 Å². The number of anilines is 2. The van der Waals surface area contributed by atoms with Crippen molar-refractivity contribution in [1.82, 2.24) is 9.97 Å². The van der Waals surface area contributed by atoms with Crippen molar-refractivity contribution in [3.8, 4) is 0 Å². The maximum atomic E-state index is 11.4. The van der Waals surface area contributed by atoms with Crippen molar-refractivity contribution in [2.75, 3.05) is 28.7 Å². The normalized spacial score (nSPS) is 22.9. The van der Waals surface area contributed by atoms with E-state index in [0.717, 1.165) is 46.9 Å². The molecule has 1 fully saturated rings. The highest BCUT2D eigenvalue weighted by Gasteiger charge is 2.19. The number of aromatic nitrogens is 2. The van der Waals surface area contributed by atoms with Gasteiger partial charge in [-0.2, -0.15) is 4.98 Å². The first-order valence-corrected chi connectivity index (χ1v) is 9.23. The number of hydrogen-bond acceptors (Lipinski definition) is 6. The predicted octanol–water partition coefficient (Wildman–Crippen LogP) is 2.45. The molecule has 1 saturated heterocycles. The Morgan fingerprint density at radius 1 is 1.40 bits per heavy atom. The molecule has 0 atom stereocenters. The molecule has 2 aromatic rings. The van der Waals surface area contributed by atoms with Crippen molar-refractivity contribution in [1.29, 1.82) is 0 Å². The molecule has 2 N–H and O–H groups in total. The fraction of sp³-hybridized carbons (Fsp3) is 0.538. The largest absolute Gasteiger partial charge is 0.367 e. The number of rotatable bonds is 4. The van der Waals surface area contributed by atoms with Gasteiger partial charge in [-0.25, -0.2) is 4.98 Å². The Morgan fingerprint density at radius 3 is 2.95 bits per heavy atom. The van der Waals surface area contributed by atoms with E-state index in [1.54, 1.807) is 11.3 Å². The third-order valence-corrected chi connectivity index (χ3v) is 5.58. The molecule has 0 saturated carbocycles. The van der Waals surface area contributed by atoms with Crippen LogP contribution in [0.4, 0.5) is 11.8 Å². The van der Waals surface area contributed by atoms with Crippen LogP contribution >= 0.6 is 11.3 Å². The summed E-state index contributed by atoms with van der Waals surface area (Å²) >= 11 is 1.62. The molecule has 0 bridgehead atoms. The van der Waals surface area contributed by atoms with E-state index in [0.29, 0.717) is 12.0 Å². The molecule has 0 radical (unpaired) electrons. The zero-order valence-corrected chi connectivity index (χ0v) is 13.0. The SMILES string of the molecule is CCNc1nc(NC2CCS(=O)CC2)c2ccsc2n1. The van der Waals surface area contributed by atoms with Gasteiger partial charge in [0.25, 0.3) is 0 Å². The van der Waals surface area contributed by atoms with Gasteiger partial charge in [-0.3, -0.25) is 4.21 Å². The minimum Gasteiger partial charge on any atom is -0.367 e. The van der Waals surface area contributed by atoms with Crippen molar-refractivity contribution in [3.63, 3.8) is 0 Å². The van der Waals surface area contributed by atoms with E-state index in [-0.39, 0.29) is 0 Å². The molecule has 3 rings (SSSR count). The molecular weight excluding hydrogens is 292 g/mol. The Bertz CT molecular complexity index is 618. The lowest BCUT2D eigenvalue weighted by atomic mass is 10.1. The first kappa shape index (κ1) is 13.8. The highest BCUT2D eigenvalue weighted by Crippen LogP contribution is 2.28. The Labute approximate surface area is 124 Å². The van der Waals surface area contributed by atoms with E-state index in [1.165, 1.54) is 0 Å². The molecule has 1 aliphatic heterocycles. The number of thiophene rings is 1. The summed E-state index contributed by atoms with van der Waals surface area (Å²) < 4.78 is 11.4. The molecule has 108 valence electrons. The van der Waals surface area contributed by atoms with Crippen molar-refractivity contribution in [2.45, 2.75) is 25.8 Å². The standard InChI is InChI=1S/C13H18N4OS2/c1-2-14-13-16-11(10-3-6-19-12(10)17-13)15-9-4-7-20(18)8-5-9/h3,6,9H,2,4-5,7-8H2,1H3,(H2,14,15,16,17). The van der Waals surface area contributed by atoms with Crippen LogP contribution in [0.5, 0.6) is 0 Å². The average molecular weight is 310 g/mol. The second-order valence-electron chi connectivity index (χ2n) is 4.83. The van der Waals surface area contributed by atoms with Gasteiger partial charge in [0.05, 0.1) is 5.39 Å². The lowest BCUT2D eigenvalue weighted by molar-refractivity contribution is 0.623. The number of hydrogen-bond donors (Lipinski definition) is 2. The van der Waals surface area contributed by atoms with Crippen LogP contribution in [-0.2, 0) is 10.8 Å². The summed E-state index contributed by atoms with van der Waals surface area (Å²) in [7, 11) is -0.629. The summed E-state index contributed by atoms with van der Waals surface area (Å²) in [6.07, 6.45) is 1.89. The van der Waals surface area contributed by atoms with Gasteiger partial charge in [-0.05, 0) is 31.2 Å². The van der Waals surface area contributed by atoms with Gasteiger partial charge in [0.1, 0.15) is 10.6 Å². The van der Waals surface area contributed by atoms with Gasteiger partial charge in [-0.15, -0.1) is 11.3 Å². The molecule has 2 aromatic heterocycles. The fourth-order valence-electron chi connectivity index (χ4n) is 2.33.